The van der Waals surface area contributed by atoms with Crippen molar-refractivity contribution < 1.29 is 4.79 Å². The van der Waals surface area contributed by atoms with Crippen LogP contribution < -0.4 is 0 Å². The summed E-state index contributed by atoms with van der Waals surface area (Å²) in [6, 6.07) is 7.26. The van der Waals surface area contributed by atoms with Crippen LogP contribution in [0.25, 0.3) is 10.4 Å². The highest BCUT2D eigenvalue weighted by atomic mass is 79.9. The van der Waals surface area contributed by atoms with Gasteiger partial charge in [-0.05, 0) is 24.1 Å². The Hall–Kier alpha value is -1.32. The van der Waals surface area contributed by atoms with Crippen molar-refractivity contribution in [3.05, 3.63) is 44.7 Å². The Morgan fingerprint density at radius 3 is 3.00 bits per heavy atom. The minimum atomic E-state index is 0.0736. The van der Waals surface area contributed by atoms with Crippen LogP contribution in [0.4, 0.5) is 0 Å². The molecule has 5 heteroatoms. The fourth-order valence-corrected chi connectivity index (χ4v) is 1.56. The number of carbonyl (C=O) groups excluding carboxylic acids is 1. The van der Waals surface area contributed by atoms with Gasteiger partial charge in [0.2, 0.25) is 0 Å². The molecule has 0 aliphatic carbocycles. The quantitative estimate of drug-likeness (QED) is 0.264. The van der Waals surface area contributed by atoms with Crippen molar-refractivity contribution in [1.29, 1.82) is 0 Å². The molecule has 0 aliphatic rings. The minimum Gasteiger partial charge on any atom is -0.294 e. The molecule has 4 nitrogen and oxygen atoms in total. The number of Topliss-reactive ketones (excluding diaryl/α,β-unsaturated/α-hetero) is 1. The van der Waals surface area contributed by atoms with E-state index in [4.69, 9.17) is 5.53 Å². The van der Waals surface area contributed by atoms with Gasteiger partial charge in [0, 0.05) is 27.9 Å². The zero-order valence-corrected chi connectivity index (χ0v) is 9.64. The van der Waals surface area contributed by atoms with Gasteiger partial charge in [0.25, 0.3) is 0 Å². The SMILES string of the molecule is [N-]=[N+]=NCCCC(=O)c1cccc(Br)c1. The molecule has 0 fully saturated rings. The van der Waals surface area contributed by atoms with Crippen LogP contribution in [0, 0.1) is 0 Å². The molecule has 0 amide bonds. The van der Waals surface area contributed by atoms with Gasteiger partial charge in [0.05, 0.1) is 0 Å². The molecule has 1 aromatic rings. The van der Waals surface area contributed by atoms with E-state index in [2.05, 4.69) is 26.0 Å². The van der Waals surface area contributed by atoms with Crippen molar-refractivity contribution in [2.75, 3.05) is 6.54 Å². The molecule has 0 spiro atoms. The first-order valence-corrected chi connectivity index (χ1v) is 5.33. The molecule has 78 valence electrons. The van der Waals surface area contributed by atoms with Crippen LogP contribution in [0.5, 0.6) is 0 Å². The van der Waals surface area contributed by atoms with E-state index in [1.165, 1.54) is 0 Å². The Morgan fingerprint density at radius 2 is 2.33 bits per heavy atom. The molecule has 0 unspecified atom stereocenters. The normalized spacial score (nSPS) is 9.40. The van der Waals surface area contributed by atoms with E-state index in [1.807, 2.05) is 12.1 Å². The monoisotopic (exact) mass is 267 g/mol. The minimum absolute atomic E-state index is 0.0736. The van der Waals surface area contributed by atoms with Crippen molar-refractivity contribution >= 4 is 21.7 Å². The predicted molar refractivity (Wildman–Crippen MR) is 61.7 cm³/mol. The molecule has 0 atom stereocenters. The van der Waals surface area contributed by atoms with E-state index < -0.39 is 0 Å². The third-order valence-electron chi connectivity index (χ3n) is 1.87. The first-order chi connectivity index (χ1) is 7.24. The topological polar surface area (TPSA) is 65.8 Å². The van der Waals surface area contributed by atoms with Crippen LogP contribution in [-0.4, -0.2) is 12.3 Å². The lowest BCUT2D eigenvalue weighted by Crippen LogP contribution is -1.99. The summed E-state index contributed by atoms with van der Waals surface area (Å²) in [7, 11) is 0. The summed E-state index contributed by atoms with van der Waals surface area (Å²) < 4.78 is 0.892. The summed E-state index contributed by atoms with van der Waals surface area (Å²) in [4.78, 5) is 14.2. The molecular weight excluding hydrogens is 258 g/mol. The Kier molecular flexibility index (Phi) is 4.87. The summed E-state index contributed by atoms with van der Waals surface area (Å²) >= 11 is 3.30. The molecule has 0 radical (unpaired) electrons. The number of hydrogen-bond acceptors (Lipinski definition) is 2. The number of benzene rings is 1. The van der Waals surface area contributed by atoms with Gasteiger partial charge in [-0.3, -0.25) is 4.79 Å². The lowest BCUT2D eigenvalue weighted by molar-refractivity contribution is 0.0981. The Bertz CT molecular complexity index is 399. The van der Waals surface area contributed by atoms with Crippen molar-refractivity contribution in [3.8, 4) is 0 Å². The number of nitrogens with zero attached hydrogens (tertiary/aromatic N) is 3. The smallest absolute Gasteiger partial charge is 0.162 e. The number of hydrogen-bond donors (Lipinski definition) is 0. The number of azide groups is 1. The van der Waals surface area contributed by atoms with E-state index in [1.54, 1.807) is 12.1 Å². The van der Waals surface area contributed by atoms with Gasteiger partial charge >= 0.3 is 0 Å². The molecule has 1 aromatic carbocycles. The third-order valence-corrected chi connectivity index (χ3v) is 2.37. The maximum absolute atomic E-state index is 11.6. The van der Waals surface area contributed by atoms with E-state index in [0.29, 0.717) is 24.9 Å². The van der Waals surface area contributed by atoms with Gasteiger partial charge in [-0.2, -0.15) is 0 Å². The Balaban J connectivity index is 2.50. The average Bonchev–Trinajstić information content (AvgIpc) is 2.24. The van der Waals surface area contributed by atoms with Crippen molar-refractivity contribution in [2.24, 2.45) is 5.11 Å². The number of halogens is 1. The third kappa shape index (κ3) is 4.14. The molecule has 0 heterocycles. The van der Waals surface area contributed by atoms with Crippen molar-refractivity contribution in [2.45, 2.75) is 12.8 Å². The van der Waals surface area contributed by atoms with E-state index >= 15 is 0 Å². The highest BCUT2D eigenvalue weighted by Gasteiger charge is 2.04. The van der Waals surface area contributed by atoms with Crippen LogP contribution in [0.15, 0.2) is 33.9 Å². The molecular formula is C10H10BrN3O. The second-order valence-electron chi connectivity index (χ2n) is 2.99. The highest BCUT2D eigenvalue weighted by Crippen LogP contribution is 2.13. The molecule has 0 aromatic heterocycles. The summed E-state index contributed by atoms with van der Waals surface area (Å²) in [5.74, 6) is 0.0736. The van der Waals surface area contributed by atoms with Gasteiger partial charge in [0.1, 0.15) is 0 Å². The first kappa shape index (κ1) is 11.8. The van der Waals surface area contributed by atoms with E-state index in [-0.39, 0.29) is 5.78 Å². The Labute approximate surface area is 96.1 Å². The number of carbonyl (C=O) groups is 1. The average molecular weight is 268 g/mol. The van der Waals surface area contributed by atoms with Gasteiger partial charge < -0.3 is 0 Å². The van der Waals surface area contributed by atoms with E-state index in [9.17, 15) is 4.79 Å². The zero-order valence-electron chi connectivity index (χ0n) is 8.06. The number of ketones is 1. The van der Waals surface area contributed by atoms with Crippen LogP contribution in [0.2, 0.25) is 0 Å². The van der Waals surface area contributed by atoms with Gasteiger partial charge in [0.15, 0.2) is 5.78 Å². The summed E-state index contributed by atoms with van der Waals surface area (Å²) in [6.07, 6.45) is 1.00. The second-order valence-corrected chi connectivity index (χ2v) is 3.91. The summed E-state index contributed by atoms with van der Waals surface area (Å²) in [6.45, 7) is 0.371. The van der Waals surface area contributed by atoms with E-state index in [0.717, 1.165) is 4.47 Å². The van der Waals surface area contributed by atoms with Gasteiger partial charge in [-0.25, -0.2) is 0 Å². The molecule has 1 rings (SSSR count). The molecule has 0 aliphatic heterocycles. The fourth-order valence-electron chi connectivity index (χ4n) is 1.16. The van der Waals surface area contributed by atoms with Crippen molar-refractivity contribution in [3.63, 3.8) is 0 Å². The van der Waals surface area contributed by atoms with Crippen LogP contribution in [0.1, 0.15) is 23.2 Å². The van der Waals surface area contributed by atoms with Crippen LogP contribution >= 0.6 is 15.9 Å². The molecule has 0 N–H and O–H groups in total. The van der Waals surface area contributed by atoms with Gasteiger partial charge in [-0.15, -0.1) is 0 Å². The molecule has 0 saturated carbocycles. The molecule has 15 heavy (non-hydrogen) atoms. The molecule has 0 bridgehead atoms. The predicted octanol–water partition coefficient (Wildman–Crippen LogP) is 3.72. The standard InChI is InChI=1S/C10H10BrN3O/c11-9-4-1-3-8(7-9)10(15)5-2-6-13-14-12/h1,3-4,7H,2,5-6H2. The lowest BCUT2D eigenvalue weighted by Gasteiger charge is -1.99. The summed E-state index contributed by atoms with van der Waals surface area (Å²) in [5, 5.41) is 3.37. The van der Waals surface area contributed by atoms with Crippen LogP contribution in [-0.2, 0) is 0 Å². The van der Waals surface area contributed by atoms with Gasteiger partial charge in [-0.1, -0.05) is 33.2 Å². The number of rotatable bonds is 5. The largest absolute Gasteiger partial charge is 0.294 e. The Morgan fingerprint density at radius 1 is 1.53 bits per heavy atom. The zero-order chi connectivity index (χ0) is 11.1. The first-order valence-electron chi connectivity index (χ1n) is 4.53. The maximum Gasteiger partial charge on any atom is 0.162 e. The highest BCUT2D eigenvalue weighted by molar-refractivity contribution is 9.10. The fraction of sp³-hybridized carbons (Fsp3) is 0.300. The second kappa shape index (κ2) is 6.22. The lowest BCUT2D eigenvalue weighted by atomic mass is 10.1. The van der Waals surface area contributed by atoms with Crippen LogP contribution in [0.3, 0.4) is 0 Å². The molecule has 0 saturated heterocycles. The van der Waals surface area contributed by atoms with Crippen molar-refractivity contribution in [1.82, 2.24) is 0 Å². The summed E-state index contributed by atoms with van der Waals surface area (Å²) in [5.41, 5.74) is 8.74. The maximum atomic E-state index is 11.6.